The molecule has 0 bridgehead atoms. The Labute approximate surface area is 184 Å². The molecule has 1 atom stereocenters. The summed E-state index contributed by atoms with van der Waals surface area (Å²) in [7, 11) is 1.58. The summed E-state index contributed by atoms with van der Waals surface area (Å²) >= 11 is 23.3. The van der Waals surface area contributed by atoms with Crippen molar-refractivity contribution in [3.05, 3.63) is 59.7 Å². The monoisotopic (exact) mass is 459 g/mol. The van der Waals surface area contributed by atoms with Gasteiger partial charge < -0.3 is 20.7 Å². The number of nitrogens with one attached hydrogen (secondary N) is 3. The van der Waals surface area contributed by atoms with E-state index >= 15 is 0 Å². The molecule has 1 amide bonds. The zero-order valence-electron chi connectivity index (χ0n) is 15.3. The third kappa shape index (κ3) is 7.36. The molecule has 0 radical (unpaired) electrons. The first-order chi connectivity index (χ1) is 13.2. The van der Waals surface area contributed by atoms with Gasteiger partial charge in [-0.05, 0) is 49.0 Å². The summed E-state index contributed by atoms with van der Waals surface area (Å²) in [6, 6.07) is 14.7. The molecule has 0 aliphatic rings. The Hall–Kier alpha value is -1.73. The van der Waals surface area contributed by atoms with Crippen LogP contribution in [0.5, 0.6) is 5.75 Å². The van der Waals surface area contributed by atoms with E-state index in [4.69, 9.17) is 51.8 Å². The molecule has 0 heterocycles. The minimum atomic E-state index is -1.81. The van der Waals surface area contributed by atoms with Crippen LogP contribution in [-0.4, -0.2) is 28.1 Å². The molecule has 0 saturated heterocycles. The van der Waals surface area contributed by atoms with E-state index in [2.05, 4.69) is 16.0 Å². The Morgan fingerprint density at radius 3 is 2.21 bits per heavy atom. The molecule has 2 rings (SSSR count). The smallest absolute Gasteiger partial charge is 0.228 e. The predicted octanol–water partition coefficient (Wildman–Crippen LogP) is 4.35. The molecule has 2 aromatic carbocycles. The maximum absolute atomic E-state index is 12.4. The van der Waals surface area contributed by atoms with E-state index in [1.54, 1.807) is 31.4 Å². The summed E-state index contributed by atoms with van der Waals surface area (Å²) in [5.41, 5.74) is 2.69. The van der Waals surface area contributed by atoms with Crippen LogP contribution in [0.4, 0.5) is 5.69 Å². The van der Waals surface area contributed by atoms with Gasteiger partial charge in [-0.1, -0.05) is 64.6 Å². The molecule has 0 aromatic heterocycles. The lowest BCUT2D eigenvalue weighted by molar-refractivity contribution is -0.121. The van der Waals surface area contributed by atoms with Crippen LogP contribution in [0.25, 0.3) is 0 Å². The first kappa shape index (κ1) is 22.6. The Kier molecular flexibility index (Phi) is 8.19. The van der Waals surface area contributed by atoms with E-state index in [0.717, 1.165) is 16.8 Å². The molecule has 0 fully saturated rings. The predicted molar refractivity (Wildman–Crippen MR) is 119 cm³/mol. The summed E-state index contributed by atoms with van der Waals surface area (Å²) in [5.74, 6) is 0.379. The summed E-state index contributed by atoms with van der Waals surface area (Å²) in [5, 5.41) is 8.68. The number of benzene rings is 2. The fraction of sp³-hybridized carbons (Fsp3) is 0.263. The molecule has 0 spiro atoms. The van der Waals surface area contributed by atoms with Gasteiger partial charge in [-0.2, -0.15) is 0 Å². The zero-order chi connectivity index (χ0) is 20.7. The Bertz CT molecular complexity index is 809. The van der Waals surface area contributed by atoms with Gasteiger partial charge in [0.2, 0.25) is 9.70 Å². The second-order valence-corrected chi connectivity index (χ2v) is 8.81. The number of hydrogen-bond donors (Lipinski definition) is 3. The third-order valence-electron chi connectivity index (χ3n) is 3.74. The molecule has 150 valence electrons. The highest BCUT2D eigenvalue weighted by molar-refractivity contribution is 7.80. The lowest BCUT2D eigenvalue weighted by atomic mass is 10.1. The van der Waals surface area contributed by atoms with Gasteiger partial charge in [-0.3, -0.25) is 4.79 Å². The highest BCUT2D eigenvalue weighted by Gasteiger charge is 2.34. The molecule has 0 aliphatic heterocycles. The van der Waals surface area contributed by atoms with Gasteiger partial charge in [0.25, 0.3) is 0 Å². The number of hydrogen-bond acceptors (Lipinski definition) is 3. The van der Waals surface area contributed by atoms with Gasteiger partial charge in [-0.25, -0.2) is 0 Å². The van der Waals surface area contributed by atoms with Gasteiger partial charge >= 0.3 is 0 Å². The van der Waals surface area contributed by atoms with Crippen LogP contribution >= 0.6 is 47.0 Å². The molecular weight excluding hydrogens is 441 g/mol. The number of anilines is 1. The average molecular weight is 461 g/mol. The Morgan fingerprint density at radius 2 is 1.68 bits per heavy atom. The first-order valence-corrected chi connectivity index (χ1v) is 9.85. The molecule has 28 heavy (non-hydrogen) atoms. The second kappa shape index (κ2) is 10.2. The number of methoxy groups -OCH3 is 1. The minimum absolute atomic E-state index is 0.112. The normalized spacial score (nSPS) is 12.0. The van der Waals surface area contributed by atoms with Crippen molar-refractivity contribution in [2.75, 3.05) is 12.4 Å². The van der Waals surface area contributed by atoms with Crippen LogP contribution in [0.2, 0.25) is 0 Å². The van der Waals surface area contributed by atoms with Crippen LogP contribution in [0.15, 0.2) is 48.5 Å². The Morgan fingerprint density at radius 1 is 1.07 bits per heavy atom. The van der Waals surface area contributed by atoms with Crippen LogP contribution < -0.4 is 20.7 Å². The number of amides is 1. The largest absolute Gasteiger partial charge is 0.497 e. The summed E-state index contributed by atoms with van der Waals surface area (Å²) in [4.78, 5) is 12.4. The minimum Gasteiger partial charge on any atom is -0.497 e. The van der Waals surface area contributed by atoms with Crippen molar-refractivity contribution in [1.29, 1.82) is 0 Å². The molecular formula is C19H20Cl3N3O2S. The van der Waals surface area contributed by atoms with Crippen LogP contribution in [-0.2, 0) is 11.2 Å². The molecule has 3 N–H and O–H groups in total. The fourth-order valence-electron chi connectivity index (χ4n) is 2.28. The molecule has 9 heteroatoms. The highest BCUT2D eigenvalue weighted by Crippen LogP contribution is 2.29. The standard InChI is InChI=1S/C19H20Cl3N3O2S/c1-12-3-7-14(8-4-12)23-18(28)25-17(19(20,21)22)24-16(26)11-13-5-9-15(27-2)10-6-13/h3-10,17H,11H2,1-2H3,(H,24,26)(H2,23,25,28). The summed E-state index contributed by atoms with van der Waals surface area (Å²) in [6.07, 6.45) is -0.908. The second-order valence-electron chi connectivity index (χ2n) is 6.03. The van der Waals surface area contributed by atoms with E-state index < -0.39 is 9.96 Å². The summed E-state index contributed by atoms with van der Waals surface area (Å²) in [6.45, 7) is 1.98. The topological polar surface area (TPSA) is 62.4 Å². The molecule has 2 aromatic rings. The van der Waals surface area contributed by atoms with Gasteiger partial charge in [0.1, 0.15) is 11.9 Å². The number of alkyl halides is 3. The zero-order valence-corrected chi connectivity index (χ0v) is 18.3. The lowest BCUT2D eigenvalue weighted by Crippen LogP contribution is -2.56. The molecule has 5 nitrogen and oxygen atoms in total. The van der Waals surface area contributed by atoms with Crippen molar-refractivity contribution >= 4 is 63.7 Å². The van der Waals surface area contributed by atoms with Crippen molar-refractivity contribution < 1.29 is 9.53 Å². The average Bonchev–Trinajstić information content (AvgIpc) is 2.63. The van der Waals surface area contributed by atoms with Gasteiger partial charge in [-0.15, -0.1) is 0 Å². The maximum Gasteiger partial charge on any atom is 0.228 e. The van der Waals surface area contributed by atoms with Crippen molar-refractivity contribution in [1.82, 2.24) is 10.6 Å². The SMILES string of the molecule is COc1ccc(CC(=O)NC(NC(=S)Nc2ccc(C)cc2)C(Cl)(Cl)Cl)cc1. The number of carbonyl (C=O) groups is 1. The van der Waals surface area contributed by atoms with Crippen molar-refractivity contribution in [3.63, 3.8) is 0 Å². The van der Waals surface area contributed by atoms with Gasteiger partial charge in [0.05, 0.1) is 13.5 Å². The summed E-state index contributed by atoms with van der Waals surface area (Å²) < 4.78 is 3.29. The van der Waals surface area contributed by atoms with E-state index in [0.29, 0.717) is 5.75 Å². The van der Waals surface area contributed by atoms with Crippen LogP contribution in [0, 0.1) is 6.92 Å². The van der Waals surface area contributed by atoms with Crippen molar-refractivity contribution in [3.8, 4) is 5.75 Å². The maximum atomic E-state index is 12.4. The number of carbonyl (C=O) groups excluding carboxylic acids is 1. The molecule has 0 aliphatic carbocycles. The van der Waals surface area contributed by atoms with E-state index in [-0.39, 0.29) is 17.4 Å². The van der Waals surface area contributed by atoms with E-state index in [1.807, 2.05) is 31.2 Å². The van der Waals surface area contributed by atoms with Gasteiger partial charge in [0.15, 0.2) is 5.11 Å². The molecule has 1 unspecified atom stereocenters. The van der Waals surface area contributed by atoms with Crippen LogP contribution in [0.3, 0.4) is 0 Å². The number of aryl methyl sites for hydroxylation is 1. The number of ether oxygens (including phenoxy) is 1. The van der Waals surface area contributed by atoms with E-state index in [1.165, 1.54) is 0 Å². The quantitative estimate of drug-likeness (QED) is 0.340. The third-order valence-corrected chi connectivity index (χ3v) is 4.62. The van der Waals surface area contributed by atoms with Crippen molar-refractivity contribution in [2.24, 2.45) is 0 Å². The first-order valence-electron chi connectivity index (χ1n) is 8.30. The van der Waals surface area contributed by atoms with E-state index in [9.17, 15) is 4.79 Å². The number of halogens is 3. The van der Waals surface area contributed by atoms with Crippen molar-refractivity contribution in [2.45, 2.75) is 23.3 Å². The lowest BCUT2D eigenvalue weighted by Gasteiger charge is -2.27. The fourth-order valence-corrected chi connectivity index (χ4v) is 2.84. The Balaban J connectivity index is 1.97. The highest BCUT2D eigenvalue weighted by atomic mass is 35.6. The number of rotatable bonds is 6. The number of thiocarbonyl (C=S) groups is 1. The molecule has 0 saturated carbocycles. The van der Waals surface area contributed by atoms with Crippen LogP contribution in [0.1, 0.15) is 11.1 Å². The van der Waals surface area contributed by atoms with Gasteiger partial charge in [0, 0.05) is 5.69 Å².